The largest absolute Gasteiger partial charge is 0.312 e. The van der Waals surface area contributed by atoms with Gasteiger partial charge in [0.05, 0.1) is 0 Å². The van der Waals surface area contributed by atoms with Gasteiger partial charge in [0.1, 0.15) is 0 Å². The van der Waals surface area contributed by atoms with Crippen molar-refractivity contribution in [2.24, 2.45) is 29.6 Å². The van der Waals surface area contributed by atoms with E-state index in [1.807, 2.05) is 0 Å². The molecule has 1 N–H and O–H groups in total. The SMILES string of the molecule is CC(CNC(C)(C)C)C(C)CC1CC2CCC1C2. The molecule has 1 nitrogen and oxygen atoms in total. The van der Waals surface area contributed by atoms with Crippen molar-refractivity contribution in [1.82, 2.24) is 5.32 Å². The number of rotatable bonds is 5. The Balaban J connectivity index is 1.72. The Kier molecular flexibility index (Phi) is 4.41. The molecule has 0 spiro atoms. The highest BCUT2D eigenvalue weighted by Crippen LogP contribution is 2.50. The quantitative estimate of drug-likeness (QED) is 0.760. The third kappa shape index (κ3) is 3.73. The zero-order valence-electron chi connectivity index (χ0n) is 13.1. The van der Waals surface area contributed by atoms with Crippen LogP contribution in [0.5, 0.6) is 0 Å². The summed E-state index contributed by atoms with van der Waals surface area (Å²) in [7, 11) is 0. The predicted molar refractivity (Wildman–Crippen MR) is 79.6 cm³/mol. The molecule has 5 unspecified atom stereocenters. The van der Waals surface area contributed by atoms with Crippen LogP contribution in [0.4, 0.5) is 0 Å². The molecular formula is C17H33N. The summed E-state index contributed by atoms with van der Waals surface area (Å²) in [4.78, 5) is 0. The van der Waals surface area contributed by atoms with Crippen LogP contribution in [0.2, 0.25) is 0 Å². The van der Waals surface area contributed by atoms with Crippen LogP contribution < -0.4 is 5.32 Å². The van der Waals surface area contributed by atoms with E-state index in [-0.39, 0.29) is 5.54 Å². The van der Waals surface area contributed by atoms with Gasteiger partial charge in [-0.25, -0.2) is 0 Å². The van der Waals surface area contributed by atoms with Crippen molar-refractivity contribution < 1.29 is 0 Å². The molecule has 2 saturated carbocycles. The first-order valence-electron chi connectivity index (χ1n) is 8.10. The predicted octanol–water partition coefficient (Wildman–Crippen LogP) is 4.47. The summed E-state index contributed by atoms with van der Waals surface area (Å²) in [6.45, 7) is 12.9. The maximum Gasteiger partial charge on any atom is 0.00966 e. The van der Waals surface area contributed by atoms with Gasteiger partial charge >= 0.3 is 0 Å². The fraction of sp³-hybridized carbons (Fsp3) is 1.00. The number of fused-ring (bicyclic) bond motifs is 2. The highest BCUT2D eigenvalue weighted by Gasteiger charge is 2.39. The van der Waals surface area contributed by atoms with Gasteiger partial charge in [-0.3, -0.25) is 0 Å². The molecule has 0 aromatic carbocycles. The molecule has 0 aliphatic heterocycles. The standard InChI is InChI=1S/C17H33N/c1-12(13(2)11-18-17(3,4)5)8-16-10-14-6-7-15(16)9-14/h12-16,18H,6-11H2,1-5H3. The van der Waals surface area contributed by atoms with E-state index in [1.54, 1.807) is 12.8 Å². The molecule has 0 aromatic heterocycles. The lowest BCUT2D eigenvalue weighted by atomic mass is 9.79. The van der Waals surface area contributed by atoms with Crippen LogP contribution in [0.25, 0.3) is 0 Å². The lowest BCUT2D eigenvalue weighted by molar-refractivity contribution is 0.226. The normalized spacial score (nSPS) is 34.8. The average Bonchev–Trinajstić information content (AvgIpc) is 2.86. The van der Waals surface area contributed by atoms with Crippen LogP contribution in [0.3, 0.4) is 0 Å². The maximum absolute atomic E-state index is 3.66. The molecule has 2 aliphatic rings. The second kappa shape index (κ2) is 5.53. The molecule has 106 valence electrons. The molecule has 0 amide bonds. The lowest BCUT2D eigenvalue weighted by Gasteiger charge is -2.30. The first-order chi connectivity index (χ1) is 8.35. The molecule has 2 rings (SSSR count). The van der Waals surface area contributed by atoms with E-state index in [1.165, 1.54) is 25.8 Å². The Labute approximate surface area is 114 Å². The monoisotopic (exact) mass is 251 g/mol. The van der Waals surface area contributed by atoms with E-state index >= 15 is 0 Å². The molecule has 18 heavy (non-hydrogen) atoms. The molecule has 0 saturated heterocycles. The average molecular weight is 251 g/mol. The van der Waals surface area contributed by atoms with Gasteiger partial charge in [0.25, 0.3) is 0 Å². The van der Waals surface area contributed by atoms with Crippen molar-refractivity contribution in [1.29, 1.82) is 0 Å². The molecule has 2 fully saturated rings. The number of hydrogen-bond acceptors (Lipinski definition) is 1. The van der Waals surface area contributed by atoms with Crippen molar-refractivity contribution >= 4 is 0 Å². The summed E-state index contributed by atoms with van der Waals surface area (Å²) in [5.41, 5.74) is 0.264. The van der Waals surface area contributed by atoms with Crippen LogP contribution in [-0.2, 0) is 0 Å². The summed E-state index contributed by atoms with van der Waals surface area (Å²) in [6, 6.07) is 0. The second-order valence-corrected chi connectivity index (χ2v) is 8.26. The van der Waals surface area contributed by atoms with Gasteiger partial charge in [-0.05, 0) is 82.6 Å². The van der Waals surface area contributed by atoms with E-state index in [0.717, 1.165) is 29.6 Å². The molecule has 0 aromatic rings. The van der Waals surface area contributed by atoms with E-state index in [2.05, 4.69) is 39.9 Å². The highest BCUT2D eigenvalue weighted by molar-refractivity contribution is 4.91. The first-order valence-corrected chi connectivity index (χ1v) is 8.10. The van der Waals surface area contributed by atoms with Gasteiger partial charge in [0.15, 0.2) is 0 Å². The van der Waals surface area contributed by atoms with Crippen molar-refractivity contribution in [2.45, 2.75) is 72.3 Å². The first kappa shape index (κ1) is 14.4. The maximum atomic E-state index is 3.66. The molecule has 2 aliphatic carbocycles. The van der Waals surface area contributed by atoms with Crippen LogP contribution >= 0.6 is 0 Å². The summed E-state index contributed by atoms with van der Waals surface area (Å²) in [5, 5.41) is 3.66. The van der Waals surface area contributed by atoms with Gasteiger partial charge in [-0.2, -0.15) is 0 Å². The van der Waals surface area contributed by atoms with Crippen molar-refractivity contribution in [3.63, 3.8) is 0 Å². The van der Waals surface area contributed by atoms with Crippen LogP contribution in [-0.4, -0.2) is 12.1 Å². The number of hydrogen-bond donors (Lipinski definition) is 1. The van der Waals surface area contributed by atoms with Gasteiger partial charge in [-0.15, -0.1) is 0 Å². The summed E-state index contributed by atoms with van der Waals surface area (Å²) < 4.78 is 0. The third-order valence-electron chi connectivity index (χ3n) is 5.48. The Hall–Kier alpha value is -0.0400. The Bertz CT molecular complexity index is 265. The van der Waals surface area contributed by atoms with Crippen molar-refractivity contribution in [3.05, 3.63) is 0 Å². The fourth-order valence-corrected chi connectivity index (χ4v) is 4.04. The fourth-order valence-electron chi connectivity index (χ4n) is 4.04. The minimum Gasteiger partial charge on any atom is -0.312 e. The summed E-state index contributed by atoms with van der Waals surface area (Å²) >= 11 is 0. The topological polar surface area (TPSA) is 12.0 Å². The molecular weight excluding hydrogens is 218 g/mol. The van der Waals surface area contributed by atoms with Crippen molar-refractivity contribution in [3.8, 4) is 0 Å². The minimum atomic E-state index is 0.264. The Morgan fingerprint density at radius 1 is 1.06 bits per heavy atom. The third-order valence-corrected chi connectivity index (χ3v) is 5.48. The zero-order chi connectivity index (χ0) is 13.3. The Morgan fingerprint density at radius 3 is 2.28 bits per heavy atom. The van der Waals surface area contributed by atoms with E-state index in [9.17, 15) is 0 Å². The zero-order valence-corrected chi connectivity index (χ0v) is 13.1. The van der Waals surface area contributed by atoms with Gasteiger partial charge in [0, 0.05) is 5.54 Å². The smallest absolute Gasteiger partial charge is 0.00966 e. The van der Waals surface area contributed by atoms with Crippen LogP contribution in [0.15, 0.2) is 0 Å². The highest BCUT2D eigenvalue weighted by atomic mass is 14.9. The van der Waals surface area contributed by atoms with Gasteiger partial charge in [-0.1, -0.05) is 20.3 Å². The van der Waals surface area contributed by atoms with Crippen LogP contribution in [0, 0.1) is 29.6 Å². The van der Waals surface area contributed by atoms with E-state index < -0.39 is 0 Å². The lowest BCUT2D eigenvalue weighted by Crippen LogP contribution is -2.40. The molecule has 0 heterocycles. The van der Waals surface area contributed by atoms with Crippen LogP contribution in [0.1, 0.15) is 66.7 Å². The summed E-state index contributed by atoms with van der Waals surface area (Å²) in [6.07, 6.45) is 7.67. The van der Waals surface area contributed by atoms with Crippen molar-refractivity contribution in [2.75, 3.05) is 6.54 Å². The molecule has 5 atom stereocenters. The molecule has 2 bridgehead atoms. The molecule has 1 heteroatoms. The summed E-state index contributed by atoms with van der Waals surface area (Å²) in [5.74, 6) is 4.96. The molecule has 0 radical (unpaired) electrons. The van der Waals surface area contributed by atoms with E-state index in [4.69, 9.17) is 0 Å². The number of nitrogens with one attached hydrogen (secondary N) is 1. The van der Waals surface area contributed by atoms with E-state index in [0.29, 0.717) is 0 Å². The van der Waals surface area contributed by atoms with Gasteiger partial charge in [0.2, 0.25) is 0 Å². The second-order valence-electron chi connectivity index (χ2n) is 8.26. The van der Waals surface area contributed by atoms with Gasteiger partial charge < -0.3 is 5.32 Å². The minimum absolute atomic E-state index is 0.264. The Morgan fingerprint density at radius 2 is 1.78 bits per heavy atom.